The zero-order valence-corrected chi connectivity index (χ0v) is 11.6. The molecule has 1 aromatic heterocycles. The van der Waals surface area contributed by atoms with Gasteiger partial charge in [0.15, 0.2) is 0 Å². The third-order valence-electron chi connectivity index (χ3n) is 2.31. The van der Waals surface area contributed by atoms with Crippen molar-refractivity contribution in [1.82, 2.24) is 15.5 Å². The van der Waals surface area contributed by atoms with Crippen molar-refractivity contribution in [2.24, 2.45) is 0 Å². The van der Waals surface area contributed by atoms with Gasteiger partial charge in [-0.3, -0.25) is 9.89 Å². The molecule has 0 unspecified atom stereocenters. The minimum Gasteiger partial charge on any atom is -0.344 e. The monoisotopic (exact) mass is 337 g/mol. The molecule has 2 N–H and O–H groups in total. The lowest BCUT2D eigenvalue weighted by Crippen LogP contribution is -2.51. The van der Waals surface area contributed by atoms with Crippen molar-refractivity contribution < 1.29 is 4.79 Å². The van der Waals surface area contributed by atoms with Gasteiger partial charge in [-0.15, -0.1) is 0 Å². The molecule has 0 aromatic carbocycles. The van der Waals surface area contributed by atoms with Crippen molar-refractivity contribution in [1.29, 1.82) is 0 Å². The van der Waals surface area contributed by atoms with Gasteiger partial charge in [-0.2, -0.15) is 5.10 Å². The maximum absolute atomic E-state index is 11.8. The Hall–Kier alpha value is -0.360. The predicted octanol–water partition coefficient (Wildman–Crippen LogP) is 2.08. The largest absolute Gasteiger partial charge is 0.344 e. The number of nitrogens with zero attached hydrogens (tertiary/aromatic N) is 1. The van der Waals surface area contributed by atoms with E-state index in [1.807, 2.05) is 6.92 Å². The maximum atomic E-state index is 11.8. The van der Waals surface area contributed by atoms with E-state index in [0.29, 0.717) is 16.4 Å². The first-order valence-corrected chi connectivity index (χ1v) is 6.85. The van der Waals surface area contributed by atoms with Crippen LogP contribution >= 0.6 is 31.9 Å². The van der Waals surface area contributed by atoms with Gasteiger partial charge in [0.2, 0.25) is 0 Å². The molecular weight excluding hydrogens is 326 g/mol. The van der Waals surface area contributed by atoms with Crippen molar-refractivity contribution in [3.63, 3.8) is 0 Å². The summed E-state index contributed by atoms with van der Waals surface area (Å²) in [5.41, 5.74) is 0.233. The van der Waals surface area contributed by atoms with E-state index in [1.54, 1.807) is 12.3 Å². The summed E-state index contributed by atoms with van der Waals surface area (Å²) in [5.74, 6) is -0.131. The Bertz CT molecular complexity index is 301. The van der Waals surface area contributed by atoms with Gasteiger partial charge in [0.25, 0.3) is 5.91 Å². The lowest BCUT2D eigenvalue weighted by Gasteiger charge is -2.29. The lowest BCUT2D eigenvalue weighted by atomic mass is 10.0. The second-order valence-electron chi connectivity index (χ2n) is 3.33. The van der Waals surface area contributed by atoms with Crippen LogP contribution in [0.25, 0.3) is 0 Å². The smallest absolute Gasteiger partial charge is 0.269 e. The van der Waals surface area contributed by atoms with Crippen LogP contribution in [0.15, 0.2) is 12.3 Å². The molecule has 0 radical (unpaired) electrons. The molecule has 0 saturated carbocycles. The first-order chi connectivity index (χ1) is 7.17. The van der Waals surface area contributed by atoms with Crippen molar-refractivity contribution in [3.8, 4) is 0 Å². The topological polar surface area (TPSA) is 57.8 Å². The van der Waals surface area contributed by atoms with Crippen molar-refractivity contribution in [3.05, 3.63) is 18.0 Å². The van der Waals surface area contributed by atoms with Gasteiger partial charge in [-0.25, -0.2) is 0 Å². The van der Waals surface area contributed by atoms with E-state index in [2.05, 4.69) is 47.4 Å². The number of H-pyrrole nitrogens is 1. The van der Waals surface area contributed by atoms with Gasteiger partial charge in [-0.1, -0.05) is 38.8 Å². The van der Waals surface area contributed by atoms with Crippen molar-refractivity contribution in [2.45, 2.75) is 18.9 Å². The summed E-state index contributed by atoms with van der Waals surface area (Å²) < 4.78 is 0. The molecule has 0 bridgehead atoms. The third kappa shape index (κ3) is 3.04. The summed E-state index contributed by atoms with van der Waals surface area (Å²) in [6.07, 6.45) is 2.41. The number of carbonyl (C=O) groups is 1. The van der Waals surface area contributed by atoms with Crippen LogP contribution in [0.5, 0.6) is 0 Å². The normalized spacial score (nSPS) is 11.4. The van der Waals surface area contributed by atoms with Gasteiger partial charge in [-0.05, 0) is 12.5 Å². The molecule has 0 fully saturated rings. The maximum Gasteiger partial charge on any atom is 0.269 e. The van der Waals surface area contributed by atoms with E-state index in [1.165, 1.54) is 0 Å². The number of hydrogen-bond acceptors (Lipinski definition) is 2. The van der Waals surface area contributed by atoms with E-state index < -0.39 is 0 Å². The second-order valence-corrected chi connectivity index (χ2v) is 4.45. The molecular formula is C9H13Br2N3O. The molecule has 0 aliphatic rings. The Balaban J connectivity index is 2.71. The molecule has 0 aliphatic carbocycles. The van der Waals surface area contributed by atoms with Crippen LogP contribution < -0.4 is 5.32 Å². The van der Waals surface area contributed by atoms with Gasteiger partial charge in [0.1, 0.15) is 5.69 Å². The van der Waals surface area contributed by atoms with E-state index in [0.717, 1.165) is 6.42 Å². The number of aromatic nitrogens is 2. The van der Waals surface area contributed by atoms with E-state index in [9.17, 15) is 4.79 Å². The number of amides is 1. The number of aromatic amines is 1. The number of halogens is 2. The average molecular weight is 339 g/mol. The Labute approximate surface area is 105 Å². The van der Waals surface area contributed by atoms with Crippen LogP contribution in [0.3, 0.4) is 0 Å². The van der Waals surface area contributed by atoms with Crippen molar-refractivity contribution in [2.75, 3.05) is 10.7 Å². The fourth-order valence-corrected chi connectivity index (χ4v) is 3.07. The summed E-state index contributed by atoms with van der Waals surface area (Å²) in [6.45, 7) is 2.04. The van der Waals surface area contributed by atoms with Crippen LogP contribution in [0.2, 0.25) is 0 Å². The molecule has 1 amide bonds. The number of alkyl halides is 2. The quantitative estimate of drug-likeness (QED) is 0.807. The molecule has 0 saturated heterocycles. The highest BCUT2D eigenvalue weighted by molar-refractivity contribution is 9.09. The summed E-state index contributed by atoms with van der Waals surface area (Å²) >= 11 is 6.83. The van der Waals surface area contributed by atoms with Crippen LogP contribution in [-0.4, -0.2) is 32.3 Å². The Morgan fingerprint density at radius 2 is 2.27 bits per heavy atom. The molecule has 0 atom stereocenters. The van der Waals surface area contributed by atoms with Crippen LogP contribution in [0.1, 0.15) is 23.8 Å². The third-order valence-corrected chi connectivity index (χ3v) is 4.46. The Morgan fingerprint density at radius 3 is 2.67 bits per heavy atom. The lowest BCUT2D eigenvalue weighted by molar-refractivity contribution is 0.0910. The van der Waals surface area contributed by atoms with Gasteiger partial charge in [0.05, 0.1) is 5.54 Å². The summed E-state index contributed by atoms with van der Waals surface area (Å²) in [7, 11) is 0. The standard InChI is InChI=1S/C9H13Br2N3O/c1-2-9(5-10,6-11)13-8(15)7-3-4-12-14-7/h3-4H,2,5-6H2,1H3,(H,12,14)(H,13,15). The molecule has 0 aliphatic heterocycles. The summed E-state index contributed by atoms with van der Waals surface area (Å²) in [6, 6.07) is 1.65. The molecule has 4 nitrogen and oxygen atoms in total. The fourth-order valence-electron chi connectivity index (χ4n) is 1.07. The van der Waals surface area contributed by atoms with Crippen molar-refractivity contribution >= 4 is 37.8 Å². The number of hydrogen-bond donors (Lipinski definition) is 2. The molecule has 1 rings (SSSR count). The zero-order chi connectivity index (χ0) is 11.3. The van der Waals surface area contributed by atoms with E-state index >= 15 is 0 Å². The van der Waals surface area contributed by atoms with Gasteiger partial charge < -0.3 is 5.32 Å². The minimum atomic E-state index is -0.248. The van der Waals surface area contributed by atoms with Gasteiger partial charge >= 0.3 is 0 Å². The first-order valence-electron chi connectivity index (χ1n) is 4.61. The number of rotatable bonds is 5. The number of nitrogens with one attached hydrogen (secondary N) is 2. The van der Waals surface area contributed by atoms with Crippen LogP contribution in [0, 0.1) is 0 Å². The highest BCUT2D eigenvalue weighted by Crippen LogP contribution is 2.17. The molecule has 15 heavy (non-hydrogen) atoms. The minimum absolute atomic E-state index is 0.131. The molecule has 1 aromatic rings. The second kappa shape index (κ2) is 5.65. The zero-order valence-electron chi connectivity index (χ0n) is 8.39. The predicted molar refractivity (Wildman–Crippen MR) is 66.7 cm³/mol. The molecule has 0 spiro atoms. The number of carbonyl (C=O) groups excluding carboxylic acids is 1. The fraction of sp³-hybridized carbons (Fsp3) is 0.556. The molecule has 1 heterocycles. The summed E-state index contributed by atoms with van der Waals surface area (Å²) in [5, 5.41) is 10.8. The SMILES string of the molecule is CCC(CBr)(CBr)NC(=O)c1ccn[nH]1. The summed E-state index contributed by atoms with van der Waals surface area (Å²) in [4.78, 5) is 11.8. The highest BCUT2D eigenvalue weighted by Gasteiger charge is 2.28. The van der Waals surface area contributed by atoms with E-state index in [4.69, 9.17) is 0 Å². The van der Waals surface area contributed by atoms with Crippen LogP contribution in [-0.2, 0) is 0 Å². The van der Waals surface area contributed by atoms with E-state index in [-0.39, 0.29) is 11.4 Å². The molecule has 6 heteroatoms. The average Bonchev–Trinajstić information content (AvgIpc) is 2.79. The highest BCUT2D eigenvalue weighted by atomic mass is 79.9. The Kier molecular flexibility index (Phi) is 4.79. The Morgan fingerprint density at radius 1 is 1.60 bits per heavy atom. The molecule has 84 valence electrons. The van der Waals surface area contributed by atoms with Crippen LogP contribution in [0.4, 0.5) is 0 Å². The van der Waals surface area contributed by atoms with Gasteiger partial charge in [0, 0.05) is 16.9 Å². The first kappa shape index (κ1) is 12.7.